The first-order chi connectivity index (χ1) is 12.8. The number of hydrogen-bond donors (Lipinski definition) is 1. The van der Waals surface area contributed by atoms with Crippen LogP contribution in [0.1, 0.15) is 51.7 Å². The third-order valence-electron chi connectivity index (χ3n) is 4.32. The number of thioether (sulfide) groups is 1. The molecule has 0 bridgehead atoms. The predicted octanol–water partition coefficient (Wildman–Crippen LogP) is 6.20. The van der Waals surface area contributed by atoms with Gasteiger partial charge in [-0.1, -0.05) is 46.2 Å². The zero-order valence-corrected chi connectivity index (χ0v) is 17.9. The SMILES string of the molecule is CCCCOc1ccc(NC(=O)CSc2cc(C(C)(C)C)ccc2C)cc1. The van der Waals surface area contributed by atoms with E-state index in [4.69, 9.17) is 4.74 Å². The number of ether oxygens (including phenoxy) is 1. The number of hydrogen-bond acceptors (Lipinski definition) is 3. The molecular formula is C23H31NO2S. The summed E-state index contributed by atoms with van der Waals surface area (Å²) >= 11 is 1.58. The molecule has 1 N–H and O–H groups in total. The highest BCUT2D eigenvalue weighted by atomic mass is 32.2. The number of aryl methyl sites for hydroxylation is 1. The van der Waals surface area contributed by atoms with Crippen LogP contribution in [0.15, 0.2) is 47.4 Å². The Morgan fingerprint density at radius 2 is 1.81 bits per heavy atom. The second-order valence-electron chi connectivity index (χ2n) is 7.79. The second-order valence-corrected chi connectivity index (χ2v) is 8.81. The van der Waals surface area contributed by atoms with Gasteiger partial charge in [0.05, 0.1) is 12.4 Å². The molecular weight excluding hydrogens is 354 g/mol. The Morgan fingerprint density at radius 1 is 1.11 bits per heavy atom. The van der Waals surface area contributed by atoms with Gasteiger partial charge < -0.3 is 10.1 Å². The lowest BCUT2D eigenvalue weighted by Gasteiger charge is -2.20. The van der Waals surface area contributed by atoms with Crippen molar-refractivity contribution in [2.75, 3.05) is 17.7 Å². The van der Waals surface area contributed by atoms with E-state index in [2.05, 4.69) is 58.1 Å². The molecule has 3 nitrogen and oxygen atoms in total. The fourth-order valence-electron chi connectivity index (χ4n) is 2.53. The largest absolute Gasteiger partial charge is 0.494 e. The fourth-order valence-corrected chi connectivity index (χ4v) is 3.40. The van der Waals surface area contributed by atoms with E-state index in [1.165, 1.54) is 11.1 Å². The highest BCUT2D eigenvalue weighted by Gasteiger charge is 2.15. The van der Waals surface area contributed by atoms with Crippen LogP contribution in [-0.4, -0.2) is 18.3 Å². The maximum Gasteiger partial charge on any atom is 0.234 e. The molecule has 0 spiro atoms. The van der Waals surface area contributed by atoms with Gasteiger partial charge in [-0.05, 0) is 60.2 Å². The molecule has 0 saturated heterocycles. The van der Waals surface area contributed by atoms with Crippen LogP contribution in [0.3, 0.4) is 0 Å². The van der Waals surface area contributed by atoms with Crippen molar-refractivity contribution >= 4 is 23.4 Å². The number of amides is 1. The van der Waals surface area contributed by atoms with E-state index in [1.807, 2.05) is 24.3 Å². The molecule has 0 aliphatic rings. The molecule has 0 radical (unpaired) electrons. The Morgan fingerprint density at radius 3 is 2.44 bits per heavy atom. The van der Waals surface area contributed by atoms with E-state index >= 15 is 0 Å². The normalized spacial score (nSPS) is 11.3. The van der Waals surface area contributed by atoms with E-state index in [9.17, 15) is 4.79 Å². The summed E-state index contributed by atoms with van der Waals surface area (Å²) in [5.41, 5.74) is 3.39. The zero-order valence-electron chi connectivity index (χ0n) is 17.1. The van der Waals surface area contributed by atoms with Gasteiger partial charge in [-0.15, -0.1) is 11.8 Å². The van der Waals surface area contributed by atoms with Gasteiger partial charge in [0.2, 0.25) is 5.91 Å². The van der Waals surface area contributed by atoms with Gasteiger partial charge in [-0.3, -0.25) is 4.79 Å². The average Bonchev–Trinajstić information content (AvgIpc) is 2.62. The van der Waals surface area contributed by atoms with Crippen molar-refractivity contribution in [2.24, 2.45) is 0 Å². The van der Waals surface area contributed by atoms with Crippen LogP contribution in [-0.2, 0) is 10.2 Å². The van der Waals surface area contributed by atoms with E-state index < -0.39 is 0 Å². The average molecular weight is 386 g/mol. The third-order valence-corrected chi connectivity index (χ3v) is 5.47. The van der Waals surface area contributed by atoms with Gasteiger partial charge in [-0.2, -0.15) is 0 Å². The monoisotopic (exact) mass is 385 g/mol. The standard InChI is InChI=1S/C23H31NO2S/c1-6-7-14-26-20-12-10-19(11-13-20)24-22(25)16-27-21-15-18(23(3,4)5)9-8-17(21)2/h8-13,15H,6-7,14,16H2,1-5H3,(H,24,25). The van der Waals surface area contributed by atoms with Crippen molar-refractivity contribution < 1.29 is 9.53 Å². The van der Waals surface area contributed by atoms with Gasteiger partial charge in [0.1, 0.15) is 5.75 Å². The smallest absolute Gasteiger partial charge is 0.234 e. The topological polar surface area (TPSA) is 38.3 Å². The highest BCUT2D eigenvalue weighted by Crippen LogP contribution is 2.29. The Bertz CT molecular complexity index is 748. The summed E-state index contributed by atoms with van der Waals surface area (Å²) in [6.45, 7) is 11.6. The van der Waals surface area contributed by atoms with Crippen molar-refractivity contribution in [2.45, 2.75) is 57.8 Å². The minimum Gasteiger partial charge on any atom is -0.494 e. The molecule has 1 amide bonds. The van der Waals surface area contributed by atoms with E-state index in [0.717, 1.165) is 35.8 Å². The van der Waals surface area contributed by atoms with Crippen LogP contribution < -0.4 is 10.1 Å². The van der Waals surface area contributed by atoms with Crippen molar-refractivity contribution in [3.63, 3.8) is 0 Å². The summed E-state index contributed by atoms with van der Waals surface area (Å²) < 4.78 is 5.65. The lowest BCUT2D eigenvalue weighted by molar-refractivity contribution is -0.113. The summed E-state index contributed by atoms with van der Waals surface area (Å²) in [6.07, 6.45) is 2.16. The first-order valence-corrected chi connectivity index (χ1v) is 10.5. The molecule has 0 atom stereocenters. The van der Waals surface area contributed by atoms with Crippen molar-refractivity contribution in [1.29, 1.82) is 0 Å². The first-order valence-electron chi connectivity index (χ1n) is 9.56. The third kappa shape index (κ3) is 6.94. The Balaban J connectivity index is 1.89. The Labute approximate surface area is 167 Å². The molecule has 0 unspecified atom stereocenters. The summed E-state index contributed by atoms with van der Waals surface area (Å²) in [7, 11) is 0. The van der Waals surface area contributed by atoms with Gasteiger partial charge in [0.15, 0.2) is 0 Å². The molecule has 27 heavy (non-hydrogen) atoms. The number of nitrogens with one attached hydrogen (secondary N) is 1. The van der Waals surface area contributed by atoms with Crippen molar-refractivity contribution in [3.05, 3.63) is 53.6 Å². The maximum absolute atomic E-state index is 12.3. The summed E-state index contributed by atoms with van der Waals surface area (Å²) in [5.74, 6) is 1.23. The fraction of sp³-hybridized carbons (Fsp3) is 0.435. The second kappa shape index (κ2) is 9.84. The molecule has 2 aromatic rings. The van der Waals surface area contributed by atoms with E-state index in [0.29, 0.717) is 5.75 Å². The van der Waals surface area contributed by atoms with Gasteiger partial charge >= 0.3 is 0 Å². The quantitative estimate of drug-likeness (QED) is 0.434. The molecule has 0 heterocycles. The molecule has 0 fully saturated rings. The number of carbonyl (C=O) groups excluding carboxylic acids is 1. The number of benzene rings is 2. The molecule has 2 rings (SSSR count). The summed E-state index contributed by atoms with van der Waals surface area (Å²) in [5, 5.41) is 2.96. The molecule has 2 aromatic carbocycles. The highest BCUT2D eigenvalue weighted by molar-refractivity contribution is 8.00. The molecule has 146 valence electrons. The van der Waals surface area contributed by atoms with Crippen LogP contribution in [0.4, 0.5) is 5.69 Å². The van der Waals surface area contributed by atoms with E-state index in [1.54, 1.807) is 11.8 Å². The lowest BCUT2D eigenvalue weighted by atomic mass is 9.87. The van der Waals surface area contributed by atoms with Crippen LogP contribution in [0.25, 0.3) is 0 Å². The number of rotatable bonds is 8. The van der Waals surface area contributed by atoms with E-state index in [-0.39, 0.29) is 11.3 Å². The first kappa shape index (κ1) is 21.4. The predicted molar refractivity (Wildman–Crippen MR) is 116 cm³/mol. The zero-order chi connectivity index (χ0) is 19.9. The molecule has 0 saturated carbocycles. The van der Waals surface area contributed by atoms with Gasteiger partial charge in [0, 0.05) is 10.6 Å². The lowest BCUT2D eigenvalue weighted by Crippen LogP contribution is -2.14. The van der Waals surface area contributed by atoms with Crippen LogP contribution in [0, 0.1) is 6.92 Å². The van der Waals surface area contributed by atoms with Crippen molar-refractivity contribution in [3.8, 4) is 5.75 Å². The molecule has 0 aromatic heterocycles. The maximum atomic E-state index is 12.3. The molecule has 4 heteroatoms. The number of carbonyl (C=O) groups is 1. The Kier molecular flexibility index (Phi) is 7.78. The molecule has 0 aliphatic carbocycles. The number of anilines is 1. The summed E-state index contributed by atoms with van der Waals surface area (Å²) in [6, 6.07) is 14.1. The summed E-state index contributed by atoms with van der Waals surface area (Å²) in [4.78, 5) is 13.5. The van der Waals surface area contributed by atoms with Crippen LogP contribution in [0.5, 0.6) is 5.75 Å². The van der Waals surface area contributed by atoms with Crippen molar-refractivity contribution in [1.82, 2.24) is 0 Å². The number of unbranched alkanes of at least 4 members (excludes halogenated alkanes) is 1. The Hall–Kier alpha value is -1.94. The molecule has 0 aliphatic heterocycles. The van der Waals surface area contributed by atoms with Gasteiger partial charge in [0.25, 0.3) is 0 Å². The van der Waals surface area contributed by atoms with Crippen LogP contribution >= 0.6 is 11.8 Å². The minimum absolute atomic E-state index is 0.000197. The van der Waals surface area contributed by atoms with Gasteiger partial charge in [-0.25, -0.2) is 0 Å². The minimum atomic E-state index is 0.000197. The van der Waals surface area contributed by atoms with Crippen LogP contribution in [0.2, 0.25) is 0 Å².